The summed E-state index contributed by atoms with van der Waals surface area (Å²) >= 11 is 0. The van der Waals surface area contributed by atoms with Crippen LogP contribution in [0, 0.1) is 17.0 Å². The minimum absolute atomic E-state index is 0. The van der Waals surface area contributed by atoms with E-state index in [1.54, 1.807) is 12.1 Å². The van der Waals surface area contributed by atoms with E-state index in [0.29, 0.717) is 6.04 Å². The first-order valence-corrected chi connectivity index (χ1v) is 6.23. The average Bonchev–Trinajstić information content (AvgIpc) is 2.85. The van der Waals surface area contributed by atoms with Gasteiger partial charge in [0.25, 0.3) is 5.69 Å². The summed E-state index contributed by atoms with van der Waals surface area (Å²) in [7, 11) is 2.08. The molecule has 1 aromatic rings. The van der Waals surface area contributed by atoms with Crippen molar-refractivity contribution in [3.63, 3.8) is 0 Å². The van der Waals surface area contributed by atoms with Crippen LogP contribution >= 0.6 is 12.4 Å². The fraction of sp³-hybridized carbons (Fsp3) is 0.538. The highest BCUT2D eigenvalue weighted by Crippen LogP contribution is 2.23. The van der Waals surface area contributed by atoms with Crippen LogP contribution in [0.5, 0.6) is 0 Å². The van der Waals surface area contributed by atoms with E-state index in [1.165, 1.54) is 0 Å². The van der Waals surface area contributed by atoms with Gasteiger partial charge < -0.3 is 5.32 Å². The molecule has 1 N–H and O–H groups in total. The molecule has 5 nitrogen and oxygen atoms in total. The van der Waals surface area contributed by atoms with Crippen LogP contribution in [0.3, 0.4) is 0 Å². The van der Waals surface area contributed by atoms with Crippen molar-refractivity contribution in [3.05, 3.63) is 39.4 Å². The fourth-order valence-corrected chi connectivity index (χ4v) is 2.45. The Hall–Kier alpha value is -1.17. The number of halogens is 1. The predicted octanol–water partition coefficient (Wildman–Crippen LogP) is 2.12. The van der Waals surface area contributed by atoms with Crippen LogP contribution in [0.15, 0.2) is 18.2 Å². The van der Waals surface area contributed by atoms with Crippen LogP contribution in [-0.4, -0.2) is 36.0 Å². The molecule has 1 aliphatic heterocycles. The fourth-order valence-electron chi connectivity index (χ4n) is 2.45. The van der Waals surface area contributed by atoms with Crippen molar-refractivity contribution in [1.29, 1.82) is 0 Å². The molecule has 0 saturated carbocycles. The van der Waals surface area contributed by atoms with Crippen LogP contribution in [0.1, 0.15) is 17.5 Å². The molecule has 2 rings (SSSR count). The Balaban J connectivity index is 0.00000180. The molecule has 1 saturated heterocycles. The van der Waals surface area contributed by atoms with Crippen LogP contribution in [0.2, 0.25) is 0 Å². The molecule has 1 unspecified atom stereocenters. The van der Waals surface area contributed by atoms with E-state index < -0.39 is 0 Å². The summed E-state index contributed by atoms with van der Waals surface area (Å²) in [5.74, 6) is 0. The summed E-state index contributed by atoms with van der Waals surface area (Å²) in [6, 6.07) is 5.84. The predicted molar refractivity (Wildman–Crippen MR) is 77.8 cm³/mol. The molecule has 1 aromatic carbocycles. The quantitative estimate of drug-likeness (QED) is 0.680. The summed E-state index contributed by atoms with van der Waals surface area (Å²) in [5, 5.41) is 14.2. The Kier molecular flexibility index (Phi) is 5.72. The van der Waals surface area contributed by atoms with E-state index in [1.807, 2.05) is 13.0 Å². The van der Waals surface area contributed by atoms with Crippen LogP contribution in [0.4, 0.5) is 5.69 Å². The highest BCUT2D eigenvalue weighted by Gasteiger charge is 2.21. The first-order chi connectivity index (χ1) is 8.59. The molecule has 19 heavy (non-hydrogen) atoms. The molecule has 1 aliphatic rings. The number of rotatable bonds is 4. The largest absolute Gasteiger partial charge is 0.315 e. The summed E-state index contributed by atoms with van der Waals surface area (Å²) in [6.45, 7) is 4.65. The Labute approximate surface area is 119 Å². The van der Waals surface area contributed by atoms with E-state index in [-0.39, 0.29) is 23.0 Å². The smallest absolute Gasteiger partial charge is 0.272 e. The second kappa shape index (κ2) is 6.84. The van der Waals surface area contributed by atoms with Gasteiger partial charge in [0.2, 0.25) is 0 Å². The van der Waals surface area contributed by atoms with E-state index >= 15 is 0 Å². The lowest BCUT2D eigenvalue weighted by atomic mass is 10.1. The molecule has 0 spiro atoms. The van der Waals surface area contributed by atoms with Crippen LogP contribution in [-0.2, 0) is 6.54 Å². The van der Waals surface area contributed by atoms with Crippen LogP contribution < -0.4 is 5.32 Å². The maximum absolute atomic E-state index is 10.9. The second-order valence-electron chi connectivity index (χ2n) is 4.88. The van der Waals surface area contributed by atoms with Crippen molar-refractivity contribution in [2.75, 3.05) is 20.1 Å². The topological polar surface area (TPSA) is 58.4 Å². The monoisotopic (exact) mass is 285 g/mol. The van der Waals surface area contributed by atoms with Crippen molar-refractivity contribution in [1.82, 2.24) is 10.2 Å². The lowest BCUT2D eigenvalue weighted by Crippen LogP contribution is -2.33. The van der Waals surface area contributed by atoms with E-state index in [2.05, 4.69) is 17.3 Å². The number of nitro groups is 1. The van der Waals surface area contributed by atoms with Gasteiger partial charge in [-0.1, -0.05) is 12.1 Å². The van der Waals surface area contributed by atoms with Crippen molar-refractivity contribution in [2.24, 2.45) is 0 Å². The van der Waals surface area contributed by atoms with Crippen molar-refractivity contribution in [2.45, 2.75) is 25.9 Å². The van der Waals surface area contributed by atoms with Gasteiger partial charge in [-0.3, -0.25) is 15.0 Å². The number of nitrogens with zero attached hydrogens (tertiary/aromatic N) is 2. The summed E-state index contributed by atoms with van der Waals surface area (Å²) in [5.41, 5.74) is 2.03. The molecule has 0 bridgehead atoms. The molecule has 0 amide bonds. The molecule has 1 fully saturated rings. The Bertz CT molecular complexity index is 448. The first kappa shape index (κ1) is 15.9. The molecule has 0 aromatic heterocycles. The van der Waals surface area contributed by atoms with E-state index in [0.717, 1.165) is 37.2 Å². The lowest BCUT2D eigenvalue weighted by Gasteiger charge is -2.24. The normalized spacial score (nSPS) is 18.4. The maximum Gasteiger partial charge on any atom is 0.272 e. The summed E-state index contributed by atoms with van der Waals surface area (Å²) in [6.07, 6.45) is 1.14. The molecular formula is C13H20ClN3O2. The minimum atomic E-state index is -0.310. The van der Waals surface area contributed by atoms with Crippen molar-refractivity contribution >= 4 is 18.1 Å². The van der Waals surface area contributed by atoms with Gasteiger partial charge >= 0.3 is 0 Å². The Morgan fingerprint density at radius 3 is 2.84 bits per heavy atom. The highest BCUT2D eigenvalue weighted by molar-refractivity contribution is 5.85. The molecule has 1 atom stereocenters. The second-order valence-corrected chi connectivity index (χ2v) is 4.88. The molecular weight excluding hydrogens is 266 g/mol. The molecule has 0 aliphatic carbocycles. The summed E-state index contributed by atoms with van der Waals surface area (Å²) < 4.78 is 0. The number of nitrogens with one attached hydrogen (secondary N) is 1. The third kappa shape index (κ3) is 3.65. The van der Waals surface area contributed by atoms with Gasteiger partial charge in [0.1, 0.15) is 0 Å². The average molecular weight is 286 g/mol. The maximum atomic E-state index is 10.9. The third-order valence-electron chi connectivity index (χ3n) is 3.69. The van der Waals surface area contributed by atoms with Crippen molar-refractivity contribution in [3.8, 4) is 0 Å². The van der Waals surface area contributed by atoms with Gasteiger partial charge in [0, 0.05) is 30.8 Å². The number of likely N-dealkylation sites (N-methyl/N-ethyl adjacent to an activating group) is 1. The molecule has 0 radical (unpaired) electrons. The number of hydrogen-bond donors (Lipinski definition) is 1. The lowest BCUT2D eigenvalue weighted by molar-refractivity contribution is -0.385. The van der Waals surface area contributed by atoms with Gasteiger partial charge in [0.05, 0.1) is 4.92 Å². The number of benzene rings is 1. The standard InChI is InChI=1S/C13H19N3O2.ClH/c1-10-11(4-3-5-13(10)16(17)18)9-15(2)12-6-7-14-8-12;/h3-5,12,14H,6-9H2,1-2H3;1H. The molecule has 1 heterocycles. The minimum Gasteiger partial charge on any atom is -0.315 e. The Morgan fingerprint density at radius 1 is 1.53 bits per heavy atom. The van der Waals surface area contributed by atoms with Crippen LogP contribution in [0.25, 0.3) is 0 Å². The zero-order chi connectivity index (χ0) is 13.1. The first-order valence-electron chi connectivity index (χ1n) is 6.23. The van der Waals surface area contributed by atoms with Gasteiger partial charge in [-0.05, 0) is 32.5 Å². The number of nitro benzene ring substituents is 1. The highest BCUT2D eigenvalue weighted by atomic mass is 35.5. The van der Waals surface area contributed by atoms with Gasteiger partial charge in [0.15, 0.2) is 0 Å². The van der Waals surface area contributed by atoms with Gasteiger partial charge in [-0.15, -0.1) is 12.4 Å². The number of hydrogen-bond acceptors (Lipinski definition) is 4. The SMILES string of the molecule is Cc1c(CN(C)C2CCNC2)cccc1[N+](=O)[O-].Cl. The van der Waals surface area contributed by atoms with Gasteiger partial charge in [-0.25, -0.2) is 0 Å². The third-order valence-corrected chi connectivity index (χ3v) is 3.69. The Morgan fingerprint density at radius 2 is 2.26 bits per heavy atom. The zero-order valence-corrected chi connectivity index (χ0v) is 12.1. The zero-order valence-electron chi connectivity index (χ0n) is 11.3. The summed E-state index contributed by atoms with van der Waals surface area (Å²) in [4.78, 5) is 12.9. The van der Waals surface area contributed by atoms with E-state index in [9.17, 15) is 10.1 Å². The van der Waals surface area contributed by atoms with Crippen molar-refractivity contribution < 1.29 is 4.92 Å². The van der Waals surface area contributed by atoms with Gasteiger partial charge in [-0.2, -0.15) is 0 Å². The molecule has 106 valence electrons. The van der Waals surface area contributed by atoms with E-state index in [4.69, 9.17) is 0 Å². The molecule has 6 heteroatoms.